The third-order valence-corrected chi connectivity index (χ3v) is 4.58. The minimum atomic E-state index is -0.0952. The zero-order valence-electron chi connectivity index (χ0n) is 14.0. The van der Waals surface area contributed by atoms with E-state index < -0.39 is 0 Å². The zero-order chi connectivity index (χ0) is 17.1. The van der Waals surface area contributed by atoms with Crippen LogP contribution in [0.1, 0.15) is 28.8 Å². The van der Waals surface area contributed by atoms with Gasteiger partial charge in [0.05, 0.1) is 5.52 Å². The third-order valence-electron chi connectivity index (χ3n) is 4.58. The second-order valence-corrected chi connectivity index (χ2v) is 6.28. The van der Waals surface area contributed by atoms with Crippen LogP contribution in [0.4, 0.5) is 5.82 Å². The predicted octanol–water partition coefficient (Wildman–Crippen LogP) is 3.16. The van der Waals surface area contributed by atoms with Gasteiger partial charge in [0.1, 0.15) is 5.82 Å². The van der Waals surface area contributed by atoms with Gasteiger partial charge in [-0.3, -0.25) is 9.78 Å². The lowest BCUT2D eigenvalue weighted by Gasteiger charge is -2.16. The van der Waals surface area contributed by atoms with E-state index in [1.165, 1.54) is 12.8 Å². The fourth-order valence-corrected chi connectivity index (χ4v) is 3.23. The van der Waals surface area contributed by atoms with Crippen molar-refractivity contribution in [2.45, 2.75) is 19.4 Å². The summed E-state index contributed by atoms with van der Waals surface area (Å²) in [7, 11) is 0. The van der Waals surface area contributed by atoms with E-state index in [0.29, 0.717) is 12.1 Å². The summed E-state index contributed by atoms with van der Waals surface area (Å²) < 4.78 is 0. The van der Waals surface area contributed by atoms with Crippen LogP contribution in [-0.2, 0) is 6.54 Å². The van der Waals surface area contributed by atoms with Crippen molar-refractivity contribution in [2.75, 3.05) is 18.0 Å². The molecule has 0 radical (unpaired) electrons. The van der Waals surface area contributed by atoms with Crippen LogP contribution in [0.15, 0.2) is 54.9 Å². The molecule has 1 N–H and O–H groups in total. The monoisotopic (exact) mass is 332 g/mol. The highest BCUT2D eigenvalue weighted by Gasteiger charge is 2.13. The molecule has 0 spiro atoms. The van der Waals surface area contributed by atoms with Gasteiger partial charge in [-0.2, -0.15) is 0 Å². The molecule has 4 rings (SSSR count). The van der Waals surface area contributed by atoms with Crippen LogP contribution in [0.25, 0.3) is 10.9 Å². The Hall–Kier alpha value is -2.95. The number of amides is 1. The summed E-state index contributed by atoms with van der Waals surface area (Å²) >= 11 is 0. The second-order valence-electron chi connectivity index (χ2n) is 6.28. The Kier molecular flexibility index (Phi) is 4.29. The van der Waals surface area contributed by atoms with Crippen LogP contribution >= 0.6 is 0 Å². The molecule has 3 aromatic rings. The quantitative estimate of drug-likeness (QED) is 0.797. The molecule has 126 valence electrons. The molecule has 0 unspecified atom stereocenters. The topological polar surface area (TPSA) is 58.1 Å². The average Bonchev–Trinajstić information content (AvgIpc) is 3.21. The smallest absolute Gasteiger partial charge is 0.252 e. The number of nitrogens with zero attached hydrogens (tertiary/aromatic N) is 3. The van der Waals surface area contributed by atoms with Gasteiger partial charge in [-0.25, -0.2) is 4.98 Å². The van der Waals surface area contributed by atoms with Crippen molar-refractivity contribution in [2.24, 2.45) is 0 Å². The number of hydrogen-bond donors (Lipinski definition) is 1. The van der Waals surface area contributed by atoms with E-state index >= 15 is 0 Å². The first-order valence-electron chi connectivity index (χ1n) is 8.63. The van der Waals surface area contributed by atoms with Gasteiger partial charge in [0.15, 0.2) is 0 Å². The average molecular weight is 332 g/mol. The van der Waals surface area contributed by atoms with E-state index in [9.17, 15) is 4.79 Å². The number of fused-ring (bicyclic) bond motifs is 1. The lowest BCUT2D eigenvalue weighted by atomic mass is 10.1. The molecule has 2 aromatic heterocycles. The molecule has 3 heterocycles. The van der Waals surface area contributed by atoms with Gasteiger partial charge in [0, 0.05) is 43.0 Å². The highest BCUT2D eigenvalue weighted by molar-refractivity contribution is 6.06. The van der Waals surface area contributed by atoms with Crippen LogP contribution in [-0.4, -0.2) is 29.0 Å². The second kappa shape index (κ2) is 6.89. The van der Waals surface area contributed by atoms with Gasteiger partial charge >= 0.3 is 0 Å². The molecule has 1 amide bonds. The number of pyridine rings is 2. The first kappa shape index (κ1) is 15.6. The predicted molar refractivity (Wildman–Crippen MR) is 98.6 cm³/mol. The molecule has 25 heavy (non-hydrogen) atoms. The molecule has 0 saturated carbocycles. The molecule has 5 heteroatoms. The molecular weight excluding hydrogens is 312 g/mol. The molecule has 0 aliphatic carbocycles. The minimum Gasteiger partial charge on any atom is -0.357 e. The van der Waals surface area contributed by atoms with Crippen LogP contribution < -0.4 is 10.2 Å². The number of aromatic nitrogens is 2. The van der Waals surface area contributed by atoms with Gasteiger partial charge in [-0.05, 0) is 42.7 Å². The zero-order valence-corrected chi connectivity index (χ0v) is 14.0. The van der Waals surface area contributed by atoms with E-state index in [0.717, 1.165) is 35.4 Å². The van der Waals surface area contributed by atoms with E-state index in [1.54, 1.807) is 6.20 Å². The van der Waals surface area contributed by atoms with Gasteiger partial charge < -0.3 is 10.2 Å². The first-order valence-corrected chi connectivity index (χ1v) is 8.63. The van der Waals surface area contributed by atoms with Gasteiger partial charge in [0.2, 0.25) is 0 Å². The Balaban J connectivity index is 1.44. The fraction of sp³-hybridized carbons (Fsp3) is 0.250. The molecule has 0 bridgehead atoms. The largest absolute Gasteiger partial charge is 0.357 e. The molecule has 1 aromatic carbocycles. The fourth-order valence-electron chi connectivity index (χ4n) is 3.23. The standard InChI is InChI=1S/C20H20N4O/c25-20(17-5-3-7-18-16(17)6-4-10-21-18)23-14-15-8-9-19(22-13-15)24-11-1-2-12-24/h3-10,13H,1-2,11-12,14H2,(H,23,25). The first-order chi connectivity index (χ1) is 12.3. The Labute approximate surface area is 146 Å². The van der Waals surface area contributed by atoms with Crippen LogP contribution in [0.3, 0.4) is 0 Å². The summed E-state index contributed by atoms with van der Waals surface area (Å²) in [6.07, 6.45) is 6.05. The molecular formula is C20H20N4O. The number of hydrogen-bond acceptors (Lipinski definition) is 4. The molecule has 1 aliphatic rings. The van der Waals surface area contributed by atoms with Crippen molar-refractivity contribution in [3.8, 4) is 0 Å². The lowest BCUT2D eigenvalue weighted by Crippen LogP contribution is -2.23. The van der Waals surface area contributed by atoms with Gasteiger partial charge in [0.25, 0.3) is 5.91 Å². The summed E-state index contributed by atoms with van der Waals surface area (Å²) in [5, 5.41) is 3.84. The van der Waals surface area contributed by atoms with Crippen molar-refractivity contribution >= 4 is 22.6 Å². The van der Waals surface area contributed by atoms with Crippen molar-refractivity contribution in [1.82, 2.24) is 15.3 Å². The summed E-state index contributed by atoms with van der Waals surface area (Å²) in [6, 6.07) is 13.4. The Bertz CT molecular complexity index is 880. The maximum atomic E-state index is 12.5. The van der Waals surface area contributed by atoms with Crippen molar-refractivity contribution < 1.29 is 4.79 Å². The van der Waals surface area contributed by atoms with Crippen molar-refractivity contribution in [3.63, 3.8) is 0 Å². The SMILES string of the molecule is O=C(NCc1ccc(N2CCCC2)nc1)c1cccc2ncccc12. The Morgan fingerprint density at radius 2 is 1.92 bits per heavy atom. The molecule has 1 fully saturated rings. The van der Waals surface area contributed by atoms with E-state index in [2.05, 4.69) is 20.2 Å². The molecule has 5 nitrogen and oxygen atoms in total. The van der Waals surface area contributed by atoms with Gasteiger partial charge in [-0.15, -0.1) is 0 Å². The van der Waals surface area contributed by atoms with Crippen molar-refractivity contribution in [1.29, 1.82) is 0 Å². The van der Waals surface area contributed by atoms with Crippen LogP contribution in [0.2, 0.25) is 0 Å². The summed E-state index contributed by atoms with van der Waals surface area (Å²) in [5.41, 5.74) is 2.47. The van der Waals surface area contributed by atoms with Crippen molar-refractivity contribution in [3.05, 3.63) is 66.0 Å². The maximum absolute atomic E-state index is 12.5. The van der Waals surface area contributed by atoms with E-state index in [4.69, 9.17) is 0 Å². The number of benzene rings is 1. The normalized spacial score (nSPS) is 14.0. The highest BCUT2D eigenvalue weighted by Crippen LogP contribution is 2.18. The summed E-state index contributed by atoms with van der Waals surface area (Å²) in [4.78, 5) is 23.7. The summed E-state index contributed by atoms with van der Waals surface area (Å²) in [5.74, 6) is 0.926. The molecule has 0 atom stereocenters. The third kappa shape index (κ3) is 3.31. The number of carbonyl (C=O) groups is 1. The Morgan fingerprint density at radius 3 is 2.72 bits per heavy atom. The van der Waals surface area contributed by atoms with Gasteiger partial charge in [-0.1, -0.05) is 18.2 Å². The summed E-state index contributed by atoms with van der Waals surface area (Å²) in [6.45, 7) is 2.62. The minimum absolute atomic E-state index is 0.0952. The number of rotatable bonds is 4. The van der Waals surface area contributed by atoms with E-state index in [-0.39, 0.29) is 5.91 Å². The van der Waals surface area contributed by atoms with Crippen LogP contribution in [0.5, 0.6) is 0 Å². The molecule has 1 saturated heterocycles. The lowest BCUT2D eigenvalue weighted by molar-refractivity contribution is 0.0952. The number of carbonyl (C=O) groups excluding carboxylic acids is 1. The van der Waals surface area contributed by atoms with E-state index in [1.807, 2.05) is 48.7 Å². The van der Waals surface area contributed by atoms with Crippen LogP contribution in [0, 0.1) is 0 Å². The Morgan fingerprint density at radius 1 is 1.04 bits per heavy atom. The molecule has 1 aliphatic heterocycles. The number of nitrogens with one attached hydrogen (secondary N) is 1. The number of anilines is 1. The highest BCUT2D eigenvalue weighted by atomic mass is 16.1. The maximum Gasteiger partial charge on any atom is 0.252 e.